The number of benzene rings is 1. The van der Waals surface area contributed by atoms with Crippen molar-refractivity contribution in [3.63, 3.8) is 0 Å². The quantitative estimate of drug-likeness (QED) is 0.282. The van der Waals surface area contributed by atoms with Gasteiger partial charge in [-0.3, -0.25) is 15.5 Å². The highest BCUT2D eigenvalue weighted by atomic mass is 16.5. The van der Waals surface area contributed by atoms with Crippen LogP contribution in [0.15, 0.2) is 41.0 Å². The van der Waals surface area contributed by atoms with Crippen molar-refractivity contribution in [3.8, 4) is 0 Å². The zero-order valence-electron chi connectivity index (χ0n) is 24.1. The molecule has 1 aromatic rings. The highest BCUT2D eigenvalue weighted by Crippen LogP contribution is 2.16. The molecule has 0 amide bonds. The van der Waals surface area contributed by atoms with Gasteiger partial charge in [-0.05, 0) is 90.0 Å². The molecule has 2 heterocycles. The first kappa shape index (κ1) is 30.1. The van der Waals surface area contributed by atoms with E-state index >= 15 is 0 Å². The van der Waals surface area contributed by atoms with Crippen LogP contribution in [0.2, 0.25) is 0 Å². The van der Waals surface area contributed by atoms with E-state index in [4.69, 9.17) is 15.5 Å². The number of ether oxygens (including phenoxy) is 1. The molecule has 0 bridgehead atoms. The number of carbonyl (C=O) groups is 1. The zero-order valence-corrected chi connectivity index (χ0v) is 24.1. The Morgan fingerprint density at radius 1 is 1.11 bits per heavy atom. The summed E-state index contributed by atoms with van der Waals surface area (Å²) >= 11 is 0. The van der Waals surface area contributed by atoms with E-state index in [2.05, 4.69) is 59.2 Å². The summed E-state index contributed by atoms with van der Waals surface area (Å²) in [5.74, 6) is 0.768. The molecule has 212 valence electrons. The zero-order chi connectivity index (χ0) is 27.3. The summed E-state index contributed by atoms with van der Waals surface area (Å²) in [7, 11) is 4.34. The second-order valence-electron chi connectivity index (χ2n) is 10.9. The number of nitrogens with zero attached hydrogens (tertiary/aromatic N) is 4. The van der Waals surface area contributed by atoms with E-state index in [1.54, 1.807) is 0 Å². The van der Waals surface area contributed by atoms with Crippen molar-refractivity contribution in [3.05, 3.63) is 47.2 Å². The minimum atomic E-state index is -0.315. The van der Waals surface area contributed by atoms with Crippen molar-refractivity contribution in [1.82, 2.24) is 20.0 Å². The fraction of sp³-hybridized carbons (Fsp3) is 0.667. The number of likely N-dealkylation sites (tertiary alicyclic amines) is 1. The first-order valence-corrected chi connectivity index (χ1v) is 14.5. The summed E-state index contributed by atoms with van der Waals surface area (Å²) in [5, 5.41) is 3.29. The maximum atomic E-state index is 12.4. The molecule has 1 atom stereocenters. The van der Waals surface area contributed by atoms with E-state index in [0.29, 0.717) is 25.6 Å². The molecule has 1 saturated heterocycles. The van der Waals surface area contributed by atoms with Gasteiger partial charge in [0.05, 0.1) is 13.0 Å². The summed E-state index contributed by atoms with van der Waals surface area (Å²) in [5.41, 5.74) is 9.51. The molecule has 2 aliphatic rings. The second-order valence-corrected chi connectivity index (χ2v) is 10.9. The number of carbonyl (C=O) groups excluding carboxylic acids is 1. The summed E-state index contributed by atoms with van der Waals surface area (Å²) in [6.07, 6.45) is 9.97. The van der Waals surface area contributed by atoms with Gasteiger partial charge in [0.1, 0.15) is 5.84 Å². The Morgan fingerprint density at radius 2 is 1.82 bits per heavy atom. The molecule has 0 saturated carbocycles. The lowest BCUT2D eigenvalue weighted by Gasteiger charge is -2.36. The molecule has 2 aliphatic heterocycles. The Balaban J connectivity index is 1.37. The van der Waals surface area contributed by atoms with Crippen LogP contribution < -0.4 is 11.1 Å². The number of aliphatic imine (C=N–C) groups is 1. The molecule has 8 heteroatoms. The normalized spacial score (nSPS) is 20.1. The van der Waals surface area contributed by atoms with Crippen molar-refractivity contribution < 1.29 is 9.53 Å². The third kappa shape index (κ3) is 10.0. The Labute approximate surface area is 230 Å². The van der Waals surface area contributed by atoms with E-state index in [0.717, 1.165) is 55.0 Å². The lowest BCUT2D eigenvalue weighted by Crippen LogP contribution is -2.56. The Hall–Kier alpha value is -2.42. The van der Waals surface area contributed by atoms with Crippen molar-refractivity contribution in [2.75, 3.05) is 46.9 Å². The number of hydrogen-bond donors (Lipinski definition) is 2. The van der Waals surface area contributed by atoms with Crippen LogP contribution in [0.25, 0.3) is 0 Å². The van der Waals surface area contributed by atoms with Crippen LogP contribution in [0.1, 0.15) is 69.9 Å². The lowest BCUT2D eigenvalue weighted by atomic mass is 10.0. The maximum absolute atomic E-state index is 12.4. The first-order valence-electron chi connectivity index (χ1n) is 14.5. The van der Waals surface area contributed by atoms with Crippen LogP contribution >= 0.6 is 0 Å². The van der Waals surface area contributed by atoms with Gasteiger partial charge in [0.15, 0.2) is 6.29 Å². The van der Waals surface area contributed by atoms with Crippen LogP contribution in [-0.2, 0) is 22.5 Å². The number of nitrogens with one attached hydrogen (secondary N) is 1. The average molecular weight is 527 g/mol. The van der Waals surface area contributed by atoms with Gasteiger partial charge in [-0.1, -0.05) is 44.0 Å². The standard InChI is InChI=1S/C30H50N6O2/c1-5-6-7-16-32-28-21-24(2)33-30(31)36(28)23-26-12-10-25(11-13-26)22-29(37)38-20-9-8-17-35-18-14-27(15-19-35)34(3)4/h10-13,21,27,30,33H,5-9,14-20,22-23,31H2,1-4H3. The molecular formula is C30H50N6O2. The molecule has 0 spiro atoms. The first-order chi connectivity index (χ1) is 18.4. The van der Waals surface area contributed by atoms with E-state index in [1.807, 2.05) is 19.1 Å². The average Bonchev–Trinajstić information content (AvgIpc) is 2.89. The van der Waals surface area contributed by atoms with Crippen molar-refractivity contribution in [2.24, 2.45) is 10.7 Å². The van der Waals surface area contributed by atoms with Crippen LogP contribution in [0.3, 0.4) is 0 Å². The van der Waals surface area contributed by atoms with Crippen molar-refractivity contribution in [1.29, 1.82) is 0 Å². The highest BCUT2D eigenvalue weighted by Gasteiger charge is 2.22. The largest absolute Gasteiger partial charge is 0.465 e. The smallest absolute Gasteiger partial charge is 0.310 e. The molecule has 3 N–H and O–H groups in total. The molecule has 8 nitrogen and oxygen atoms in total. The maximum Gasteiger partial charge on any atom is 0.310 e. The molecular weight excluding hydrogens is 476 g/mol. The fourth-order valence-corrected chi connectivity index (χ4v) is 5.10. The van der Waals surface area contributed by atoms with Crippen LogP contribution in [-0.4, -0.2) is 85.7 Å². The van der Waals surface area contributed by atoms with Crippen molar-refractivity contribution >= 4 is 11.8 Å². The molecule has 1 aromatic carbocycles. The Kier molecular flexibility index (Phi) is 12.6. The number of amidine groups is 1. The van der Waals surface area contributed by atoms with Crippen LogP contribution in [0, 0.1) is 0 Å². The summed E-state index contributed by atoms with van der Waals surface area (Å²) in [6.45, 7) is 9.61. The molecule has 0 aliphatic carbocycles. The minimum Gasteiger partial charge on any atom is -0.465 e. The van der Waals surface area contributed by atoms with E-state index in [1.165, 1.54) is 38.8 Å². The number of unbranched alkanes of at least 4 members (excludes halogenated alkanes) is 3. The number of piperidine rings is 1. The van der Waals surface area contributed by atoms with Gasteiger partial charge in [-0.2, -0.15) is 0 Å². The van der Waals surface area contributed by atoms with Gasteiger partial charge in [0.2, 0.25) is 0 Å². The molecule has 0 radical (unpaired) electrons. The third-order valence-electron chi connectivity index (χ3n) is 7.53. The highest BCUT2D eigenvalue weighted by molar-refractivity contribution is 5.94. The number of nitrogens with two attached hydrogens (primary N) is 1. The monoisotopic (exact) mass is 526 g/mol. The van der Waals surface area contributed by atoms with Gasteiger partial charge in [-0.25, -0.2) is 0 Å². The fourth-order valence-electron chi connectivity index (χ4n) is 5.10. The van der Waals surface area contributed by atoms with E-state index in [9.17, 15) is 4.79 Å². The SMILES string of the molecule is CCCCCN=C1C=C(C)NC(N)N1Cc1ccc(CC(=O)OCCCCN2CCC(N(C)C)CC2)cc1. The van der Waals surface area contributed by atoms with E-state index in [-0.39, 0.29) is 12.3 Å². The van der Waals surface area contributed by atoms with E-state index < -0.39 is 0 Å². The van der Waals surface area contributed by atoms with Gasteiger partial charge in [0.25, 0.3) is 0 Å². The number of hydrogen-bond acceptors (Lipinski definition) is 7. The summed E-state index contributed by atoms with van der Waals surface area (Å²) in [4.78, 5) is 24.1. The lowest BCUT2D eigenvalue weighted by molar-refractivity contribution is -0.142. The van der Waals surface area contributed by atoms with Crippen LogP contribution in [0.4, 0.5) is 0 Å². The molecule has 0 aromatic heterocycles. The van der Waals surface area contributed by atoms with Crippen LogP contribution in [0.5, 0.6) is 0 Å². The molecule has 3 rings (SSSR count). The third-order valence-corrected chi connectivity index (χ3v) is 7.53. The predicted octanol–water partition coefficient (Wildman–Crippen LogP) is 3.72. The van der Waals surface area contributed by atoms with Gasteiger partial charge in [-0.15, -0.1) is 0 Å². The molecule has 38 heavy (non-hydrogen) atoms. The van der Waals surface area contributed by atoms with Crippen molar-refractivity contribution in [2.45, 2.75) is 84.1 Å². The second kappa shape index (κ2) is 15.9. The number of allylic oxidation sites excluding steroid dienone is 1. The Bertz CT molecular complexity index is 906. The topological polar surface area (TPSA) is 86.4 Å². The van der Waals surface area contributed by atoms with Gasteiger partial charge >= 0.3 is 5.97 Å². The predicted molar refractivity (Wildman–Crippen MR) is 156 cm³/mol. The Morgan fingerprint density at radius 3 is 2.50 bits per heavy atom. The summed E-state index contributed by atoms with van der Waals surface area (Å²) in [6, 6.07) is 8.86. The van der Waals surface area contributed by atoms with Gasteiger partial charge in [0, 0.05) is 24.8 Å². The number of esters is 1. The summed E-state index contributed by atoms with van der Waals surface area (Å²) < 4.78 is 5.51. The number of rotatable bonds is 14. The molecule has 1 unspecified atom stereocenters. The minimum absolute atomic E-state index is 0.158. The molecule has 1 fully saturated rings. The van der Waals surface area contributed by atoms with Gasteiger partial charge < -0.3 is 24.8 Å².